The molecule has 1 heterocycles. The Kier molecular flexibility index (Phi) is 5.74. The smallest absolute Gasteiger partial charge is 0.282 e. The van der Waals surface area contributed by atoms with E-state index < -0.39 is 16.7 Å². The molecule has 4 rings (SSSR count). The van der Waals surface area contributed by atoms with Crippen molar-refractivity contribution in [2.75, 3.05) is 10.2 Å². The number of non-ortho nitro benzene ring substituents is 1. The molecule has 1 aliphatic rings. The van der Waals surface area contributed by atoms with Crippen molar-refractivity contribution in [3.63, 3.8) is 0 Å². The molecule has 0 radical (unpaired) electrons. The zero-order valence-corrected chi connectivity index (χ0v) is 18.9. The number of anilines is 2. The average Bonchev–Trinajstić information content (AvgIpc) is 3.01. The van der Waals surface area contributed by atoms with Crippen LogP contribution in [0.2, 0.25) is 5.02 Å². The molecule has 0 aliphatic carbocycles. The lowest BCUT2D eigenvalue weighted by molar-refractivity contribution is -0.384. The number of imide groups is 1. The van der Waals surface area contributed by atoms with Gasteiger partial charge in [0, 0.05) is 22.8 Å². The van der Waals surface area contributed by atoms with Crippen LogP contribution in [0.1, 0.15) is 22.3 Å². The third-order valence-corrected chi connectivity index (χ3v) is 5.95. The Morgan fingerprint density at radius 1 is 0.909 bits per heavy atom. The predicted octanol–water partition coefficient (Wildman–Crippen LogP) is 5.57. The fourth-order valence-corrected chi connectivity index (χ4v) is 3.99. The van der Waals surface area contributed by atoms with Gasteiger partial charge in [0.15, 0.2) is 0 Å². The standard InChI is InChI=1S/C25H20ClN3O4/c1-14-5-4-6-21(16(14)3)28-24(30)22(17-7-10-19(11-8-17)29(32)33)23(25(28)31)27-20-12-9-18(26)13-15(20)2/h4-13,27H,1-3H3. The molecule has 1 N–H and O–H groups in total. The minimum atomic E-state index is -0.515. The molecule has 0 saturated heterocycles. The topological polar surface area (TPSA) is 92.6 Å². The number of nitrogens with zero attached hydrogens (tertiary/aromatic N) is 2. The molecule has 0 spiro atoms. The molecule has 0 unspecified atom stereocenters. The number of nitro groups is 1. The lowest BCUT2D eigenvalue weighted by Crippen LogP contribution is -2.33. The van der Waals surface area contributed by atoms with Crippen molar-refractivity contribution in [2.24, 2.45) is 0 Å². The summed E-state index contributed by atoms with van der Waals surface area (Å²) in [6.45, 7) is 5.60. The molecule has 7 nitrogen and oxygen atoms in total. The maximum absolute atomic E-state index is 13.6. The number of nitro benzene ring substituents is 1. The molecule has 0 fully saturated rings. The van der Waals surface area contributed by atoms with Gasteiger partial charge < -0.3 is 5.32 Å². The van der Waals surface area contributed by atoms with Gasteiger partial charge in [-0.1, -0.05) is 23.7 Å². The van der Waals surface area contributed by atoms with Gasteiger partial charge in [0.05, 0.1) is 16.2 Å². The van der Waals surface area contributed by atoms with Gasteiger partial charge >= 0.3 is 0 Å². The summed E-state index contributed by atoms with van der Waals surface area (Å²) in [6, 6.07) is 16.2. The molecule has 166 valence electrons. The van der Waals surface area contributed by atoms with Gasteiger partial charge in [-0.05, 0) is 79.4 Å². The van der Waals surface area contributed by atoms with Crippen molar-refractivity contribution in [3.05, 3.63) is 104 Å². The van der Waals surface area contributed by atoms with E-state index in [2.05, 4.69) is 5.32 Å². The Morgan fingerprint density at radius 3 is 2.24 bits per heavy atom. The van der Waals surface area contributed by atoms with Gasteiger partial charge in [-0.2, -0.15) is 0 Å². The molecule has 3 aromatic rings. The highest BCUT2D eigenvalue weighted by molar-refractivity contribution is 6.46. The largest absolute Gasteiger partial charge is 0.350 e. The number of benzene rings is 3. The SMILES string of the molecule is Cc1cc(Cl)ccc1NC1=C(c2ccc([N+](=O)[O-])cc2)C(=O)N(c2cccc(C)c2C)C1=O. The van der Waals surface area contributed by atoms with E-state index in [0.29, 0.717) is 22.0 Å². The number of carbonyl (C=O) groups is 2. The number of hydrogen-bond acceptors (Lipinski definition) is 5. The van der Waals surface area contributed by atoms with E-state index >= 15 is 0 Å². The van der Waals surface area contributed by atoms with Crippen LogP contribution < -0.4 is 10.2 Å². The van der Waals surface area contributed by atoms with E-state index in [0.717, 1.165) is 21.6 Å². The number of halogens is 1. The Morgan fingerprint density at radius 2 is 1.61 bits per heavy atom. The van der Waals surface area contributed by atoms with Gasteiger partial charge in [-0.25, -0.2) is 4.90 Å². The first-order valence-corrected chi connectivity index (χ1v) is 10.5. The number of aryl methyl sites for hydroxylation is 2. The second kappa shape index (κ2) is 8.52. The normalized spacial score (nSPS) is 13.6. The summed E-state index contributed by atoms with van der Waals surface area (Å²) in [5.74, 6) is -1.01. The van der Waals surface area contributed by atoms with E-state index in [1.165, 1.54) is 24.3 Å². The lowest BCUT2D eigenvalue weighted by atomic mass is 10.0. The van der Waals surface area contributed by atoms with Crippen LogP contribution in [0.4, 0.5) is 17.1 Å². The van der Waals surface area contributed by atoms with Gasteiger partial charge in [0.2, 0.25) is 0 Å². The number of amides is 2. The molecule has 1 aliphatic heterocycles. The molecule has 0 saturated carbocycles. The van der Waals surface area contributed by atoms with Gasteiger partial charge in [-0.3, -0.25) is 19.7 Å². The zero-order chi connectivity index (χ0) is 23.9. The minimum Gasteiger partial charge on any atom is -0.350 e. The quantitative estimate of drug-likeness (QED) is 0.304. The van der Waals surface area contributed by atoms with Crippen LogP contribution in [-0.4, -0.2) is 16.7 Å². The first-order chi connectivity index (χ1) is 15.7. The maximum Gasteiger partial charge on any atom is 0.282 e. The van der Waals surface area contributed by atoms with E-state index in [1.54, 1.807) is 30.3 Å². The van der Waals surface area contributed by atoms with Crippen molar-refractivity contribution in [1.82, 2.24) is 0 Å². The first-order valence-electron chi connectivity index (χ1n) is 10.2. The van der Waals surface area contributed by atoms with Crippen molar-refractivity contribution in [2.45, 2.75) is 20.8 Å². The van der Waals surface area contributed by atoms with Crippen LogP contribution in [0.5, 0.6) is 0 Å². The molecule has 0 bridgehead atoms. The summed E-state index contributed by atoms with van der Waals surface area (Å²) in [4.78, 5) is 38.9. The summed E-state index contributed by atoms with van der Waals surface area (Å²) in [5, 5.41) is 14.7. The second-order valence-electron chi connectivity index (χ2n) is 7.80. The summed E-state index contributed by atoms with van der Waals surface area (Å²) in [6.07, 6.45) is 0. The van der Waals surface area contributed by atoms with Crippen molar-refractivity contribution >= 4 is 46.1 Å². The Balaban J connectivity index is 1.86. The van der Waals surface area contributed by atoms with Gasteiger partial charge in [0.25, 0.3) is 17.5 Å². The van der Waals surface area contributed by atoms with E-state index in [-0.39, 0.29) is 17.0 Å². The third kappa shape index (κ3) is 3.99. The number of carbonyl (C=O) groups excluding carboxylic acids is 2. The van der Waals surface area contributed by atoms with E-state index in [9.17, 15) is 19.7 Å². The highest BCUT2D eigenvalue weighted by Gasteiger charge is 2.41. The fraction of sp³-hybridized carbons (Fsp3) is 0.120. The van der Waals surface area contributed by atoms with Crippen LogP contribution in [0, 0.1) is 30.9 Å². The van der Waals surface area contributed by atoms with Gasteiger partial charge in [0.1, 0.15) is 5.70 Å². The fourth-order valence-electron chi connectivity index (χ4n) is 3.76. The van der Waals surface area contributed by atoms with Crippen molar-refractivity contribution in [3.8, 4) is 0 Å². The van der Waals surface area contributed by atoms with E-state index in [1.807, 2.05) is 26.8 Å². The molecule has 0 atom stereocenters. The van der Waals surface area contributed by atoms with Crippen LogP contribution in [-0.2, 0) is 9.59 Å². The Bertz CT molecular complexity index is 1350. The highest BCUT2D eigenvalue weighted by Crippen LogP contribution is 2.36. The molecule has 0 aromatic heterocycles. The summed E-state index contributed by atoms with van der Waals surface area (Å²) >= 11 is 6.06. The first kappa shape index (κ1) is 22.2. The van der Waals surface area contributed by atoms with E-state index in [4.69, 9.17) is 11.6 Å². The summed E-state index contributed by atoms with van der Waals surface area (Å²) in [5.41, 5.74) is 4.21. The average molecular weight is 462 g/mol. The van der Waals surface area contributed by atoms with Gasteiger partial charge in [-0.15, -0.1) is 0 Å². The monoisotopic (exact) mass is 461 g/mol. The number of nitrogens with one attached hydrogen (secondary N) is 1. The van der Waals surface area contributed by atoms with Crippen LogP contribution in [0.15, 0.2) is 66.4 Å². The molecule has 2 amide bonds. The summed E-state index contributed by atoms with van der Waals surface area (Å²) < 4.78 is 0. The van der Waals surface area contributed by atoms with Crippen LogP contribution in [0.3, 0.4) is 0 Å². The highest BCUT2D eigenvalue weighted by atomic mass is 35.5. The number of rotatable bonds is 5. The van der Waals surface area contributed by atoms with Crippen molar-refractivity contribution < 1.29 is 14.5 Å². The Hall–Kier alpha value is -3.97. The molecule has 3 aromatic carbocycles. The van der Waals surface area contributed by atoms with Crippen molar-refractivity contribution in [1.29, 1.82) is 0 Å². The molecular formula is C25H20ClN3O4. The zero-order valence-electron chi connectivity index (χ0n) is 18.2. The number of hydrogen-bond donors (Lipinski definition) is 1. The second-order valence-corrected chi connectivity index (χ2v) is 8.24. The summed E-state index contributed by atoms with van der Waals surface area (Å²) in [7, 11) is 0. The molecule has 8 heteroatoms. The predicted molar refractivity (Wildman–Crippen MR) is 128 cm³/mol. The molecule has 33 heavy (non-hydrogen) atoms. The third-order valence-electron chi connectivity index (χ3n) is 5.72. The Labute approximate surface area is 195 Å². The minimum absolute atomic E-state index is 0.0974. The molecular weight excluding hydrogens is 442 g/mol. The maximum atomic E-state index is 13.6. The lowest BCUT2D eigenvalue weighted by Gasteiger charge is -2.19. The van der Waals surface area contributed by atoms with Crippen LogP contribution in [0.25, 0.3) is 5.57 Å². The van der Waals surface area contributed by atoms with Crippen LogP contribution >= 0.6 is 11.6 Å².